The van der Waals surface area contributed by atoms with E-state index in [-0.39, 0.29) is 11.2 Å². The van der Waals surface area contributed by atoms with Crippen molar-refractivity contribution >= 4 is 23.5 Å². The van der Waals surface area contributed by atoms with Gasteiger partial charge in [0, 0.05) is 6.07 Å². The molecule has 0 spiro atoms. The quantitative estimate of drug-likeness (QED) is 0.825. The number of aromatic nitrogens is 4. The summed E-state index contributed by atoms with van der Waals surface area (Å²) in [6, 6.07) is 1.80. The number of anilines is 2. The summed E-state index contributed by atoms with van der Waals surface area (Å²) in [7, 11) is 0. The lowest BCUT2D eigenvalue weighted by Gasteiger charge is -2.02. The number of halogens is 1. The molecule has 0 saturated heterocycles. The molecule has 0 amide bonds. The minimum atomic E-state index is 0.0451. The highest BCUT2D eigenvalue weighted by Crippen LogP contribution is 2.09. The Balaban J connectivity index is 2.04. The molecule has 3 N–H and O–H groups in total. The van der Waals surface area contributed by atoms with Crippen LogP contribution in [-0.4, -0.2) is 20.1 Å². The molecule has 2 aromatic heterocycles. The van der Waals surface area contributed by atoms with Crippen molar-refractivity contribution in [3.05, 3.63) is 22.8 Å². The zero-order chi connectivity index (χ0) is 11.5. The molecule has 7 nitrogen and oxygen atoms in total. The lowest BCUT2D eigenvalue weighted by molar-refractivity contribution is 0.384. The van der Waals surface area contributed by atoms with Crippen LogP contribution in [0.2, 0.25) is 5.28 Å². The minimum Gasteiger partial charge on any atom is -0.368 e. The Morgan fingerprint density at radius 3 is 2.88 bits per heavy atom. The van der Waals surface area contributed by atoms with Crippen LogP contribution in [0.4, 0.5) is 11.9 Å². The average Bonchev–Trinajstić information content (AvgIpc) is 2.60. The molecule has 16 heavy (non-hydrogen) atoms. The van der Waals surface area contributed by atoms with E-state index >= 15 is 0 Å². The molecule has 8 heteroatoms. The van der Waals surface area contributed by atoms with Gasteiger partial charge in [0.1, 0.15) is 0 Å². The van der Waals surface area contributed by atoms with Gasteiger partial charge in [0.2, 0.25) is 17.2 Å². The fourth-order valence-corrected chi connectivity index (χ4v) is 1.28. The van der Waals surface area contributed by atoms with Crippen molar-refractivity contribution in [3.8, 4) is 0 Å². The fraction of sp³-hybridized carbons (Fsp3) is 0.250. The van der Waals surface area contributed by atoms with E-state index in [4.69, 9.17) is 21.9 Å². The maximum absolute atomic E-state index is 5.62. The number of nitrogens with one attached hydrogen (secondary N) is 1. The van der Waals surface area contributed by atoms with Crippen molar-refractivity contribution in [1.29, 1.82) is 0 Å². The number of nitrogen functional groups attached to an aromatic ring is 1. The lowest BCUT2D eigenvalue weighted by atomic mass is 10.4. The van der Waals surface area contributed by atoms with Crippen molar-refractivity contribution in [2.75, 3.05) is 11.1 Å². The maximum Gasteiger partial charge on any atom is 0.229 e. The number of hydrogen-bond acceptors (Lipinski definition) is 7. The third kappa shape index (κ3) is 2.57. The van der Waals surface area contributed by atoms with E-state index in [1.807, 2.05) is 6.92 Å². The van der Waals surface area contributed by atoms with Gasteiger partial charge in [-0.1, -0.05) is 5.16 Å². The van der Waals surface area contributed by atoms with Crippen LogP contribution >= 0.6 is 11.6 Å². The van der Waals surface area contributed by atoms with Gasteiger partial charge in [0.15, 0.2) is 5.76 Å². The Bertz CT molecular complexity index is 479. The third-order valence-corrected chi connectivity index (χ3v) is 1.89. The lowest BCUT2D eigenvalue weighted by Crippen LogP contribution is -2.06. The van der Waals surface area contributed by atoms with Crippen molar-refractivity contribution in [2.45, 2.75) is 13.5 Å². The van der Waals surface area contributed by atoms with Crippen LogP contribution in [0.1, 0.15) is 11.5 Å². The molecule has 2 rings (SSSR count). The number of nitrogens with two attached hydrogens (primary N) is 1. The molecule has 84 valence electrons. The van der Waals surface area contributed by atoms with Gasteiger partial charge >= 0.3 is 0 Å². The van der Waals surface area contributed by atoms with Gasteiger partial charge in [-0.25, -0.2) is 0 Å². The summed E-state index contributed by atoms with van der Waals surface area (Å²) >= 11 is 5.62. The van der Waals surface area contributed by atoms with Crippen molar-refractivity contribution < 1.29 is 4.52 Å². The third-order valence-electron chi connectivity index (χ3n) is 1.72. The predicted molar refractivity (Wildman–Crippen MR) is 57.8 cm³/mol. The number of rotatable bonds is 3. The summed E-state index contributed by atoms with van der Waals surface area (Å²) in [5.74, 6) is 1.04. The second-order valence-corrected chi connectivity index (χ2v) is 3.41. The summed E-state index contributed by atoms with van der Waals surface area (Å²) in [6.07, 6.45) is 0. The van der Waals surface area contributed by atoms with Gasteiger partial charge in [-0.05, 0) is 18.5 Å². The Labute approximate surface area is 96.0 Å². The van der Waals surface area contributed by atoms with Gasteiger partial charge in [-0.2, -0.15) is 15.0 Å². The van der Waals surface area contributed by atoms with Crippen LogP contribution in [0.25, 0.3) is 0 Å². The molecule has 0 radical (unpaired) electrons. The van der Waals surface area contributed by atoms with E-state index in [0.29, 0.717) is 18.3 Å². The first-order chi connectivity index (χ1) is 7.63. The Hall–Kier alpha value is -1.89. The van der Waals surface area contributed by atoms with Crippen LogP contribution in [-0.2, 0) is 6.54 Å². The van der Waals surface area contributed by atoms with Gasteiger partial charge in [0.25, 0.3) is 0 Å². The van der Waals surface area contributed by atoms with Crippen LogP contribution in [0, 0.1) is 6.92 Å². The van der Waals surface area contributed by atoms with E-state index in [0.717, 1.165) is 5.69 Å². The van der Waals surface area contributed by atoms with Gasteiger partial charge in [-0.15, -0.1) is 0 Å². The molecule has 0 bridgehead atoms. The molecule has 2 aromatic rings. The summed E-state index contributed by atoms with van der Waals surface area (Å²) < 4.78 is 5.00. The van der Waals surface area contributed by atoms with Crippen molar-refractivity contribution in [2.24, 2.45) is 0 Å². The standard InChI is InChI=1S/C8H9ClN6O/c1-4-2-5(16-15-4)3-11-8-13-6(9)12-7(10)14-8/h2H,3H2,1H3,(H3,10,11,12,13,14). The average molecular weight is 241 g/mol. The SMILES string of the molecule is Cc1cc(CNc2nc(N)nc(Cl)n2)on1. The molecule has 0 atom stereocenters. The summed E-state index contributed by atoms with van der Waals surface area (Å²) in [4.78, 5) is 11.3. The smallest absolute Gasteiger partial charge is 0.229 e. The summed E-state index contributed by atoms with van der Waals surface area (Å²) in [6.45, 7) is 2.24. The highest BCUT2D eigenvalue weighted by atomic mass is 35.5. The zero-order valence-corrected chi connectivity index (χ0v) is 9.19. The van der Waals surface area contributed by atoms with Gasteiger partial charge in [-0.3, -0.25) is 0 Å². The van der Waals surface area contributed by atoms with Crippen molar-refractivity contribution in [3.63, 3.8) is 0 Å². The number of nitrogens with zero attached hydrogens (tertiary/aromatic N) is 4. The molecule has 2 heterocycles. The van der Waals surface area contributed by atoms with Crippen LogP contribution in [0.15, 0.2) is 10.6 Å². The van der Waals surface area contributed by atoms with E-state index in [9.17, 15) is 0 Å². The second kappa shape index (κ2) is 4.31. The largest absolute Gasteiger partial charge is 0.368 e. The van der Waals surface area contributed by atoms with Crippen LogP contribution in [0.5, 0.6) is 0 Å². The van der Waals surface area contributed by atoms with E-state index in [1.165, 1.54) is 0 Å². The fourth-order valence-electron chi connectivity index (χ4n) is 1.11. The Morgan fingerprint density at radius 2 is 2.25 bits per heavy atom. The van der Waals surface area contributed by atoms with E-state index < -0.39 is 0 Å². The zero-order valence-electron chi connectivity index (χ0n) is 8.44. The van der Waals surface area contributed by atoms with Crippen molar-refractivity contribution in [1.82, 2.24) is 20.1 Å². The van der Waals surface area contributed by atoms with E-state index in [1.54, 1.807) is 6.07 Å². The monoisotopic (exact) mass is 240 g/mol. The maximum atomic E-state index is 5.62. The Morgan fingerprint density at radius 1 is 1.44 bits per heavy atom. The molecular formula is C8H9ClN6O. The molecule has 0 aliphatic heterocycles. The molecule has 0 unspecified atom stereocenters. The summed E-state index contributed by atoms with van der Waals surface area (Å²) in [5, 5.41) is 6.69. The first-order valence-corrected chi connectivity index (χ1v) is 4.84. The summed E-state index contributed by atoms with van der Waals surface area (Å²) in [5.41, 5.74) is 6.22. The Kier molecular flexibility index (Phi) is 2.86. The van der Waals surface area contributed by atoms with Crippen LogP contribution < -0.4 is 11.1 Å². The topological polar surface area (TPSA) is 103 Å². The molecule has 0 aliphatic rings. The first kappa shape index (κ1) is 10.6. The second-order valence-electron chi connectivity index (χ2n) is 3.07. The van der Waals surface area contributed by atoms with Crippen LogP contribution in [0.3, 0.4) is 0 Å². The first-order valence-electron chi connectivity index (χ1n) is 4.46. The van der Waals surface area contributed by atoms with Gasteiger partial charge in [0.05, 0.1) is 12.2 Å². The normalized spacial score (nSPS) is 10.4. The minimum absolute atomic E-state index is 0.0451. The molecular weight excluding hydrogens is 232 g/mol. The number of hydrogen-bond donors (Lipinski definition) is 2. The van der Waals surface area contributed by atoms with E-state index in [2.05, 4.69) is 25.4 Å². The number of aryl methyl sites for hydroxylation is 1. The molecule has 0 aliphatic carbocycles. The predicted octanol–water partition coefficient (Wildman–Crippen LogP) is 1.02. The van der Waals surface area contributed by atoms with Gasteiger partial charge < -0.3 is 15.6 Å². The highest BCUT2D eigenvalue weighted by molar-refractivity contribution is 6.28. The molecule has 0 fully saturated rings. The molecule has 0 saturated carbocycles. The molecule has 0 aromatic carbocycles. The highest BCUT2D eigenvalue weighted by Gasteiger charge is 2.04.